The molecule has 0 bridgehead atoms. The van der Waals surface area contributed by atoms with Crippen LogP contribution in [0.4, 0.5) is 14.9 Å². The third-order valence-corrected chi connectivity index (χ3v) is 7.08. The number of benzene rings is 4. The normalized spacial score (nSPS) is 11.8. The lowest BCUT2D eigenvalue weighted by atomic mass is 10.1. The van der Waals surface area contributed by atoms with Crippen molar-refractivity contribution in [3.8, 4) is 5.69 Å². The number of nitrogens with zero attached hydrogens (tertiary/aromatic N) is 3. The monoisotopic (exact) mass is 534 g/mol. The Bertz CT molecular complexity index is 1680. The number of carbonyl (C=O) groups is 1. The standard InChI is InChI=1S/C33H31FN4O2/c1-3-30(31-35-29-16-10-8-14-27(29)32(39)38(31)26-19-17-25(34)18-20-26)37(22-21-24-12-5-4-6-13-24)33(40)36-28-15-9-7-11-23(28)2/h4-20,30H,3,21-22H2,1-2H3,(H,36,40). The number of hydrogen-bond acceptors (Lipinski definition) is 3. The van der Waals surface area contributed by atoms with Gasteiger partial charge in [0.15, 0.2) is 0 Å². The van der Waals surface area contributed by atoms with E-state index in [1.54, 1.807) is 35.2 Å². The Kier molecular flexibility index (Phi) is 8.01. The minimum absolute atomic E-state index is 0.270. The molecule has 4 aromatic carbocycles. The molecule has 0 fully saturated rings. The summed E-state index contributed by atoms with van der Waals surface area (Å²) in [5.74, 6) is 0.0204. The van der Waals surface area contributed by atoms with Gasteiger partial charge < -0.3 is 10.2 Å². The van der Waals surface area contributed by atoms with Gasteiger partial charge in [0.2, 0.25) is 0 Å². The number of para-hydroxylation sites is 2. The van der Waals surface area contributed by atoms with Crippen LogP contribution in [0.3, 0.4) is 0 Å². The van der Waals surface area contributed by atoms with Crippen LogP contribution in [0.1, 0.15) is 36.3 Å². The second-order valence-corrected chi connectivity index (χ2v) is 9.70. The molecule has 0 spiro atoms. The van der Waals surface area contributed by atoms with E-state index in [1.165, 1.54) is 16.7 Å². The third kappa shape index (κ3) is 5.64. The van der Waals surface area contributed by atoms with E-state index in [0.29, 0.717) is 41.8 Å². The topological polar surface area (TPSA) is 67.2 Å². The third-order valence-electron chi connectivity index (χ3n) is 7.08. The van der Waals surface area contributed by atoms with E-state index in [2.05, 4.69) is 5.32 Å². The summed E-state index contributed by atoms with van der Waals surface area (Å²) in [6, 6.07) is 29.7. The summed E-state index contributed by atoms with van der Waals surface area (Å²) in [7, 11) is 0. The van der Waals surface area contributed by atoms with E-state index in [1.807, 2.05) is 74.5 Å². The maximum atomic E-state index is 14.0. The molecule has 0 saturated carbocycles. The first-order valence-corrected chi connectivity index (χ1v) is 13.4. The highest BCUT2D eigenvalue weighted by Gasteiger charge is 2.29. The maximum Gasteiger partial charge on any atom is 0.322 e. The summed E-state index contributed by atoms with van der Waals surface area (Å²) >= 11 is 0. The number of aromatic nitrogens is 2. The molecule has 7 heteroatoms. The van der Waals surface area contributed by atoms with Crippen LogP contribution in [0.2, 0.25) is 0 Å². The average Bonchev–Trinajstić information content (AvgIpc) is 2.97. The van der Waals surface area contributed by atoms with Crippen molar-refractivity contribution in [2.24, 2.45) is 0 Å². The summed E-state index contributed by atoms with van der Waals surface area (Å²) in [5.41, 5.74) is 3.51. The van der Waals surface area contributed by atoms with Crippen molar-refractivity contribution in [2.45, 2.75) is 32.7 Å². The Labute approximate surface area is 232 Å². The van der Waals surface area contributed by atoms with E-state index in [-0.39, 0.29) is 11.6 Å². The van der Waals surface area contributed by atoms with Crippen LogP contribution in [0.5, 0.6) is 0 Å². The van der Waals surface area contributed by atoms with Crippen LogP contribution in [0.15, 0.2) is 108 Å². The number of aryl methyl sites for hydroxylation is 1. The molecular weight excluding hydrogens is 503 g/mol. The molecule has 0 saturated heterocycles. The van der Waals surface area contributed by atoms with Crippen molar-refractivity contribution in [1.82, 2.24) is 14.5 Å². The van der Waals surface area contributed by atoms with E-state index in [0.717, 1.165) is 16.8 Å². The van der Waals surface area contributed by atoms with Crippen molar-refractivity contribution in [3.05, 3.63) is 136 Å². The van der Waals surface area contributed by atoms with E-state index < -0.39 is 11.9 Å². The SMILES string of the molecule is CCC(c1nc2ccccc2c(=O)n1-c1ccc(F)cc1)N(CCc1ccccc1)C(=O)Nc1ccccc1C. The number of halogens is 1. The number of rotatable bonds is 8. The fourth-order valence-electron chi connectivity index (χ4n) is 4.95. The highest BCUT2D eigenvalue weighted by molar-refractivity contribution is 5.90. The Hall–Kier alpha value is -4.78. The van der Waals surface area contributed by atoms with Gasteiger partial charge in [-0.1, -0.05) is 67.6 Å². The van der Waals surface area contributed by atoms with Gasteiger partial charge in [0.25, 0.3) is 5.56 Å². The number of urea groups is 1. The summed E-state index contributed by atoms with van der Waals surface area (Å²) < 4.78 is 15.4. The van der Waals surface area contributed by atoms with Crippen LogP contribution in [-0.2, 0) is 6.42 Å². The Morgan fingerprint density at radius 2 is 1.60 bits per heavy atom. The van der Waals surface area contributed by atoms with Crippen LogP contribution < -0.4 is 10.9 Å². The molecule has 1 aromatic heterocycles. The van der Waals surface area contributed by atoms with Crippen molar-refractivity contribution in [3.63, 3.8) is 0 Å². The zero-order chi connectivity index (χ0) is 28.1. The Morgan fingerprint density at radius 3 is 2.33 bits per heavy atom. The molecule has 0 aliphatic heterocycles. The number of hydrogen-bond donors (Lipinski definition) is 1. The molecule has 2 amide bonds. The molecule has 1 N–H and O–H groups in total. The maximum absolute atomic E-state index is 14.0. The lowest BCUT2D eigenvalue weighted by Gasteiger charge is -2.32. The molecular formula is C33H31FN4O2. The van der Waals surface area contributed by atoms with Gasteiger partial charge in [0, 0.05) is 12.2 Å². The van der Waals surface area contributed by atoms with Gasteiger partial charge in [-0.15, -0.1) is 0 Å². The van der Waals surface area contributed by atoms with Gasteiger partial charge in [0.05, 0.1) is 22.6 Å². The van der Waals surface area contributed by atoms with Gasteiger partial charge in [-0.05, 0) is 73.4 Å². The van der Waals surface area contributed by atoms with E-state index in [9.17, 15) is 14.0 Å². The summed E-state index contributed by atoms with van der Waals surface area (Å²) in [6.45, 7) is 4.31. The molecule has 1 unspecified atom stereocenters. The second-order valence-electron chi connectivity index (χ2n) is 9.70. The molecule has 40 heavy (non-hydrogen) atoms. The van der Waals surface area contributed by atoms with Crippen LogP contribution >= 0.6 is 0 Å². The number of amides is 2. The highest BCUT2D eigenvalue weighted by Crippen LogP contribution is 2.28. The van der Waals surface area contributed by atoms with Crippen LogP contribution in [0.25, 0.3) is 16.6 Å². The first kappa shape index (κ1) is 26.8. The molecule has 1 atom stereocenters. The summed E-state index contributed by atoms with van der Waals surface area (Å²) in [5, 5.41) is 3.52. The molecule has 0 aliphatic carbocycles. The Balaban J connectivity index is 1.64. The predicted octanol–water partition coefficient (Wildman–Crippen LogP) is 7.06. The second kappa shape index (κ2) is 11.9. The average molecular weight is 535 g/mol. The highest BCUT2D eigenvalue weighted by atomic mass is 19.1. The van der Waals surface area contributed by atoms with Crippen LogP contribution in [0, 0.1) is 12.7 Å². The molecule has 202 valence electrons. The van der Waals surface area contributed by atoms with Gasteiger partial charge in [-0.3, -0.25) is 9.36 Å². The minimum atomic E-state index is -0.546. The zero-order valence-corrected chi connectivity index (χ0v) is 22.5. The fraction of sp³-hybridized carbons (Fsp3) is 0.182. The van der Waals surface area contributed by atoms with E-state index in [4.69, 9.17) is 4.98 Å². The van der Waals surface area contributed by atoms with Crippen molar-refractivity contribution < 1.29 is 9.18 Å². The largest absolute Gasteiger partial charge is 0.322 e. The van der Waals surface area contributed by atoms with E-state index >= 15 is 0 Å². The summed E-state index contributed by atoms with van der Waals surface area (Å²) in [4.78, 5) is 34.5. The lowest BCUT2D eigenvalue weighted by molar-refractivity contribution is 0.182. The number of carbonyl (C=O) groups excluding carboxylic acids is 1. The van der Waals surface area contributed by atoms with Crippen molar-refractivity contribution >= 4 is 22.6 Å². The van der Waals surface area contributed by atoms with Gasteiger partial charge in [-0.2, -0.15) is 0 Å². The van der Waals surface area contributed by atoms with Crippen molar-refractivity contribution in [2.75, 3.05) is 11.9 Å². The molecule has 0 aliphatic rings. The number of nitrogens with one attached hydrogen (secondary N) is 1. The number of fused-ring (bicyclic) bond motifs is 1. The first-order chi connectivity index (χ1) is 19.5. The predicted molar refractivity (Wildman–Crippen MR) is 157 cm³/mol. The molecule has 5 aromatic rings. The minimum Gasteiger partial charge on any atom is -0.314 e. The van der Waals surface area contributed by atoms with Gasteiger partial charge in [-0.25, -0.2) is 14.2 Å². The molecule has 5 rings (SSSR count). The molecule has 0 radical (unpaired) electrons. The smallest absolute Gasteiger partial charge is 0.314 e. The number of anilines is 1. The van der Waals surface area contributed by atoms with Crippen LogP contribution in [-0.4, -0.2) is 27.0 Å². The zero-order valence-electron chi connectivity index (χ0n) is 22.5. The molecule has 1 heterocycles. The van der Waals surface area contributed by atoms with Gasteiger partial charge in [0.1, 0.15) is 11.6 Å². The Morgan fingerprint density at radius 1 is 0.925 bits per heavy atom. The quantitative estimate of drug-likeness (QED) is 0.232. The summed E-state index contributed by atoms with van der Waals surface area (Å²) in [6.07, 6.45) is 1.12. The fourth-order valence-corrected chi connectivity index (χ4v) is 4.95. The van der Waals surface area contributed by atoms with Crippen molar-refractivity contribution in [1.29, 1.82) is 0 Å². The molecule has 6 nitrogen and oxygen atoms in total. The van der Waals surface area contributed by atoms with Gasteiger partial charge >= 0.3 is 6.03 Å². The lowest BCUT2D eigenvalue weighted by Crippen LogP contribution is -2.42. The first-order valence-electron chi connectivity index (χ1n) is 13.4.